The Hall–Kier alpha value is -3.01. The summed E-state index contributed by atoms with van der Waals surface area (Å²) in [6, 6.07) is 12.4. The molecule has 130 valence electrons. The van der Waals surface area contributed by atoms with E-state index in [1.54, 1.807) is 36.8 Å². The molecule has 0 amide bonds. The van der Waals surface area contributed by atoms with E-state index in [4.69, 9.17) is 14.6 Å². The summed E-state index contributed by atoms with van der Waals surface area (Å²) in [5, 5.41) is 9.00. The smallest absolute Gasteiger partial charge is 0.335 e. The molecule has 0 saturated carbocycles. The molecule has 0 unspecified atom stereocenters. The standard InChI is InChI=1S/C21H22O4/c1-14(2)12-24-19-10-9-18(11-20(19)25-13-15(3)4)16-5-7-17(8-6-16)21(22)23/h5-13H,1-4H3,(H,22,23). The largest absolute Gasteiger partial charge is 0.478 e. The highest BCUT2D eigenvalue weighted by atomic mass is 16.5. The van der Waals surface area contributed by atoms with Gasteiger partial charge in [-0.3, -0.25) is 0 Å². The van der Waals surface area contributed by atoms with Crippen LogP contribution in [-0.2, 0) is 0 Å². The van der Waals surface area contributed by atoms with E-state index in [9.17, 15) is 4.79 Å². The van der Waals surface area contributed by atoms with Crippen LogP contribution in [0.3, 0.4) is 0 Å². The fourth-order valence-corrected chi connectivity index (χ4v) is 2.05. The van der Waals surface area contributed by atoms with Gasteiger partial charge in [0.15, 0.2) is 11.5 Å². The van der Waals surface area contributed by atoms with Crippen LogP contribution in [0.4, 0.5) is 0 Å². The molecule has 0 aliphatic heterocycles. The van der Waals surface area contributed by atoms with Crippen LogP contribution in [0.2, 0.25) is 0 Å². The molecule has 0 aliphatic carbocycles. The molecule has 4 heteroatoms. The summed E-state index contributed by atoms with van der Waals surface area (Å²) in [5.74, 6) is 0.271. The van der Waals surface area contributed by atoms with Crippen molar-refractivity contribution in [2.45, 2.75) is 27.7 Å². The van der Waals surface area contributed by atoms with E-state index in [2.05, 4.69) is 0 Å². The number of hydrogen-bond donors (Lipinski definition) is 1. The zero-order chi connectivity index (χ0) is 18.4. The number of carbonyl (C=O) groups is 1. The van der Waals surface area contributed by atoms with Crippen LogP contribution < -0.4 is 9.47 Å². The van der Waals surface area contributed by atoms with Crippen LogP contribution in [0.25, 0.3) is 11.1 Å². The Morgan fingerprint density at radius 1 is 0.800 bits per heavy atom. The maximum Gasteiger partial charge on any atom is 0.335 e. The van der Waals surface area contributed by atoms with Gasteiger partial charge in [-0.1, -0.05) is 18.2 Å². The molecule has 0 bridgehead atoms. The molecule has 0 radical (unpaired) electrons. The fourth-order valence-electron chi connectivity index (χ4n) is 2.05. The van der Waals surface area contributed by atoms with Gasteiger partial charge in [0.05, 0.1) is 18.1 Å². The highest BCUT2D eigenvalue weighted by Crippen LogP contribution is 2.33. The summed E-state index contributed by atoms with van der Waals surface area (Å²) in [7, 11) is 0. The number of allylic oxidation sites excluding steroid dienone is 2. The van der Waals surface area contributed by atoms with Crippen LogP contribution >= 0.6 is 0 Å². The van der Waals surface area contributed by atoms with Crippen molar-refractivity contribution < 1.29 is 19.4 Å². The molecule has 25 heavy (non-hydrogen) atoms. The third-order valence-corrected chi connectivity index (χ3v) is 3.25. The molecule has 0 heterocycles. The lowest BCUT2D eigenvalue weighted by atomic mass is 10.0. The van der Waals surface area contributed by atoms with Crippen molar-refractivity contribution >= 4 is 5.97 Å². The molecule has 2 rings (SSSR count). The molecule has 4 nitrogen and oxygen atoms in total. The maximum absolute atomic E-state index is 11.0. The summed E-state index contributed by atoms with van der Waals surface area (Å²) in [6.07, 6.45) is 3.34. The molecule has 0 fully saturated rings. The number of aromatic carboxylic acids is 1. The predicted octanol–water partition coefficient (Wildman–Crippen LogP) is 5.66. The predicted molar refractivity (Wildman–Crippen MR) is 99.0 cm³/mol. The van der Waals surface area contributed by atoms with Crippen molar-refractivity contribution in [3.63, 3.8) is 0 Å². The monoisotopic (exact) mass is 338 g/mol. The first kappa shape index (κ1) is 18.3. The molecule has 0 spiro atoms. The quantitative estimate of drug-likeness (QED) is 0.691. The van der Waals surface area contributed by atoms with Crippen molar-refractivity contribution in [1.82, 2.24) is 0 Å². The van der Waals surface area contributed by atoms with Gasteiger partial charge in [-0.15, -0.1) is 0 Å². The van der Waals surface area contributed by atoms with Gasteiger partial charge in [-0.25, -0.2) is 4.79 Å². The van der Waals surface area contributed by atoms with Gasteiger partial charge in [0.2, 0.25) is 0 Å². The lowest BCUT2D eigenvalue weighted by molar-refractivity contribution is 0.0697. The Labute approximate surface area is 148 Å². The van der Waals surface area contributed by atoms with Crippen LogP contribution in [0.1, 0.15) is 38.1 Å². The average molecular weight is 338 g/mol. The highest BCUT2D eigenvalue weighted by molar-refractivity contribution is 5.88. The number of carboxylic acids is 1. The Bertz CT molecular complexity index is 806. The lowest BCUT2D eigenvalue weighted by Crippen LogP contribution is -1.95. The minimum Gasteiger partial charge on any atom is -0.478 e. The average Bonchev–Trinajstić information content (AvgIpc) is 2.58. The summed E-state index contributed by atoms with van der Waals surface area (Å²) in [4.78, 5) is 11.0. The van der Waals surface area contributed by atoms with E-state index >= 15 is 0 Å². The summed E-state index contributed by atoms with van der Waals surface area (Å²) < 4.78 is 11.4. The fraction of sp³-hybridized carbons (Fsp3) is 0.190. The first-order valence-corrected chi connectivity index (χ1v) is 7.94. The number of rotatable bonds is 6. The zero-order valence-electron chi connectivity index (χ0n) is 14.9. The Kier molecular flexibility index (Phi) is 6.01. The summed E-state index contributed by atoms with van der Waals surface area (Å²) in [5.41, 5.74) is 4.15. The summed E-state index contributed by atoms with van der Waals surface area (Å²) in [6.45, 7) is 7.81. The van der Waals surface area contributed by atoms with Crippen LogP contribution in [0.15, 0.2) is 66.1 Å². The first-order chi connectivity index (χ1) is 11.9. The Morgan fingerprint density at radius 2 is 1.32 bits per heavy atom. The van der Waals surface area contributed by atoms with Crippen molar-refractivity contribution in [3.8, 4) is 22.6 Å². The molecule has 2 aromatic carbocycles. The molecule has 0 aliphatic rings. The van der Waals surface area contributed by atoms with Crippen molar-refractivity contribution in [2.24, 2.45) is 0 Å². The number of benzene rings is 2. The second kappa shape index (κ2) is 8.20. The molecular formula is C21H22O4. The van der Waals surface area contributed by atoms with E-state index in [-0.39, 0.29) is 5.56 Å². The third kappa shape index (κ3) is 5.24. The van der Waals surface area contributed by atoms with E-state index in [0.717, 1.165) is 22.3 Å². The van der Waals surface area contributed by atoms with Gasteiger partial charge in [0, 0.05) is 0 Å². The van der Waals surface area contributed by atoms with Crippen LogP contribution in [-0.4, -0.2) is 11.1 Å². The maximum atomic E-state index is 11.0. The van der Waals surface area contributed by atoms with Gasteiger partial charge in [0.25, 0.3) is 0 Å². The minimum atomic E-state index is -0.940. The number of carboxylic acid groups (broad SMARTS) is 1. The Balaban J connectivity index is 2.39. The highest BCUT2D eigenvalue weighted by Gasteiger charge is 2.09. The third-order valence-electron chi connectivity index (χ3n) is 3.25. The van der Waals surface area contributed by atoms with E-state index in [1.807, 2.05) is 45.9 Å². The van der Waals surface area contributed by atoms with Gasteiger partial charge < -0.3 is 14.6 Å². The van der Waals surface area contributed by atoms with Gasteiger partial charge in [-0.2, -0.15) is 0 Å². The second-order valence-electron chi connectivity index (χ2n) is 6.17. The molecule has 0 aromatic heterocycles. The van der Waals surface area contributed by atoms with Gasteiger partial charge >= 0.3 is 5.97 Å². The van der Waals surface area contributed by atoms with E-state index < -0.39 is 5.97 Å². The SMILES string of the molecule is CC(C)=COc1ccc(-c2ccc(C(=O)O)cc2)cc1OC=C(C)C. The van der Waals surface area contributed by atoms with Gasteiger partial charge in [-0.05, 0) is 74.2 Å². The van der Waals surface area contributed by atoms with Crippen molar-refractivity contribution in [2.75, 3.05) is 0 Å². The molecule has 1 N–H and O–H groups in total. The van der Waals surface area contributed by atoms with E-state index in [1.165, 1.54) is 0 Å². The molecular weight excluding hydrogens is 316 g/mol. The Morgan fingerprint density at radius 3 is 1.84 bits per heavy atom. The van der Waals surface area contributed by atoms with Crippen LogP contribution in [0.5, 0.6) is 11.5 Å². The molecule has 2 aromatic rings. The number of hydrogen-bond acceptors (Lipinski definition) is 3. The zero-order valence-corrected chi connectivity index (χ0v) is 14.9. The summed E-state index contributed by atoms with van der Waals surface area (Å²) >= 11 is 0. The second-order valence-corrected chi connectivity index (χ2v) is 6.17. The molecule has 0 atom stereocenters. The number of ether oxygens (including phenoxy) is 2. The minimum absolute atomic E-state index is 0.258. The van der Waals surface area contributed by atoms with Crippen LogP contribution in [0, 0.1) is 0 Å². The van der Waals surface area contributed by atoms with Gasteiger partial charge in [0.1, 0.15) is 0 Å². The van der Waals surface area contributed by atoms with E-state index in [0.29, 0.717) is 11.5 Å². The van der Waals surface area contributed by atoms with Crippen molar-refractivity contribution in [1.29, 1.82) is 0 Å². The first-order valence-electron chi connectivity index (χ1n) is 7.94. The topological polar surface area (TPSA) is 55.8 Å². The van der Waals surface area contributed by atoms with Crippen molar-refractivity contribution in [3.05, 3.63) is 71.7 Å². The lowest BCUT2D eigenvalue weighted by Gasteiger charge is -2.11. The normalized spacial score (nSPS) is 9.92. The molecule has 0 saturated heterocycles.